The van der Waals surface area contributed by atoms with Crippen molar-refractivity contribution in [1.82, 2.24) is 9.80 Å². The summed E-state index contributed by atoms with van der Waals surface area (Å²) in [5.74, 6) is 0.850. The van der Waals surface area contributed by atoms with E-state index in [4.69, 9.17) is 0 Å². The van der Waals surface area contributed by atoms with Gasteiger partial charge in [0, 0.05) is 18.5 Å². The van der Waals surface area contributed by atoms with Crippen LogP contribution in [0.1, 0.15) is 51.4 Å². The van der Waals surface area contributed by atoms with E-state index in [1.165, 1.54) is 64.4 Å². The Hall–Kier alpha value is -0.410. The van der Waals surface area contributed by atoms with Gasteiger partial charge in [-0.25, -0.2) is 0 Å². The Kier molecular flexibility index (Phi) is 6.03. The lowest BCUT2D eigenvalue weighted by Crippen LogP contribution is -2.44. The minimum absolute atomic E-state index is 0.0229. The molecule has 3 heteroatoms. The van der Waals surface area contributed by atoms with Gasteiger partial charge < -0.3 is 14.6 Å². The van der Waals surface area contributed by atoms with Gasteiger partial charge in [-0.1, -0.05) is 25.7 Å². The predicted octanol–water partition coefficient (Wildman–Crippen LogP) is 2.80. The van der Waals surface area contributed by atoms with Crippen LogP contribution in [-0.2, 0) is 4.79 Å². The SMILES string of the molecule is CN(C)CC1CCN(CC2(C=O)CCCCCC2)CC1. The molecule has 1 saturated heterocycles. The van der Waals surface area contributed by atoms with Crippen LogP contribution in [0.25, 0.3) is 0 Å². The zero-order valence-corrected chi connectivity index (χ0v) is 13.4. The second kappa shape index (κ2) is 7.56. The minimum Gasteiger partial charge on any atom is -0.309 e. The predicted molar refractivity (Wildman–Crippen MR) is 83.9 cm³/mol. The molecular weight excluding hydrogens is 248 g/mol. The summed E-state index contributed by atoms with van der Waals surface area (Å²) in [6, 6.07) is 0. The molecule has 1 aliphatic heterocycles. The van der Waals surface area contributed by atoms with Crippen molar-refractivity contribution < 1.29 is 4.79 Å². The zero-order valence-electron chi connectivity index (χ0n) is 13.4. The summed E-state index contributed by atoms with van der Waals surface area (Å²) in [6.45, 7) is 4.61. The summed E-state index contributed by atoms with van der Waals surface area (Å²) in [5.41, 5.74) is -0.0229. The van der Waals surface area contributed by atoms with Crippen LogP contribution in [0.15, 0.2) is 0 Å². The molecule has 1 heterocycles. The van der Waals surface area contributed by atoms with Crippen LogP contribution >= 0.6 is 0 Å². The highest BCUT2D eigenvalue weighted by Crippen LogP contribution is 2.35. The monoisotopic (exact) mass is 280 g/mol. The Balaban J connectivity index is 1.82. The van der Waals surface area contributed by atoms with Crippen LogP contribution in [0.5, 0.6) is 0 Å². The van der Waals surface area contributed by atoms with Crippen LogP contribution < -0.4 is 0 Å². The van der Waals surface area contributed by atoms with Crippen molar-refractivity contribution in [3.05, 3.63) is 0 Å². The zero-order chi connectivity index (χ0) is 14.4. The second-order valence-electron chi connectivity index (χ2n) is 7.38. The molecule has 0 spiro atoms. The van der Waals surface area contributed by atoms with Gasteiger partial charge in [0.25, 0.3) is 0 Å². The highest BCUT2D eigenvalue weighted by atomic mass is 16.1. The molecule has 116 valence electrons. The maximum absolute atomic E-state index is 11.7. The van der Waals surface area contributed by atoms with Gasteiger partial charge in [0.05, 0.1) is 0 Å². The van der Waals surface area contributed by atoms with Gasteiger partial charge in [0.15, 0.2) is 0 Å². The number of carbonyl (C=O) groups excluding carboxylic acids is 1. The Morgan fingerprint density at radius 3 is 2.20 bits per heavy atom. The van der Waals surface area contributed by atoms with Gasteiger partial charge in [0.2, 0.25) is 0 Å². The number of hydrogen-bond donors (Lipinski definition) is 0. The van der Waals surface area contributed by atoms with E-state index in [-0.39, 0.29) is 5.41 Å². The highest BCUT2D eigenvalue weighted by molar-refractivity contribution is 5.59. The number of aldehydes is 1. The summed E-state index contributed by atoms with van der Waals surface area (Å²) >= 11 is 0. The Bertz CT molecular complexity index is 287. The maximum Gasteiger partial charge on any atom is 0.127 e. The summed E-state index contributed by atoms with van der Waals surface area (Å²) < 4.78 is 0. The number of likely N-dealkylation sites (tertiary alicyclic amines) is 1. The maximum atomic E-state index is 11.7. The molecule has 2 fully saturated rings. The molecule has 0 aromatic carbocycles. The first-order valence-electron chi connectivity index (χ1n) is 8.47. The van der Waals surface area contributed by atoms with Crippen molar-refractivity contribution in [2.24, 2.45) is 11.3 Å². The lowest BCUT2D eigenvalue weighted by Gasteiger charge is -2.38. The van der Waals surface area contributed by atoms with E-state index >= 15 is 0 Å². The van der Waals surface area contributed by atoms with Crippen LogP contribution in [0.2, 0.25) is 0 Å². The molecule has 0 amide bonds. The Morgan fingerprint density at radius 2 is 1.70 bits per heavy atom. The fraction of sp³-hybridized carbons (Fsp3) is 0.941. The molecule has 0 aromatic heterocycles. The molecule has 2 rings (SSSR count). The molecule has 3 nitrogen and oxygen atoms in total. The van der Waals surface area contributed by atoms with Gasteiger partial charge in [-0.15, -0.1) is 0 Å². The summed E-state index contributed by atoms with van der Waals surface area (Å²) in [5, 5.41) is 0. The topological polar surface area (TPSA) is 23.6 Å². The van der Waals surface area contributed by atoms with Gasteiger partial charge in [-0.2, -0.15) is 0 Å². The average molecular weight is 280 g/mol. The average Bonchev–Trinajstić information content (AvgIpc) is 2.67. The molecule has 1 saturated carbocycles. The van der Waals surface area contributed by atoms with Crippen molar-refractivity contribution >= 4 is 6.29 Å². The lowest BCUT2D eigenvalue weighted by atomic mass is 9.80. The molecule has 2 aliphatic rings. The third-order valence-corrected chi connectivity index (χ3v) is 5.22. The van der Waals surface area contributed by atoms with E-state index in [0.717, 1.165) is 25.3 Å². The van der Waals surface area contributed by atoms with Gasteiger partial charge >= 0.3 is 0 Å². The molecule has 0 unspecified atom stereocenters. The lowest BCUT2D eigenvalue weighted by molar-refractivity contribution is -0.118. The first kappa shape index (κ1) is 16.0. The van der Waals surface area contributed by atoms with Crippen molar-refractivity contribution in [2.75, 3.05) is 40.3 Å². The summed E-state index contributed by atoms with van der Waals surface area (Å²) in [6.07, 6.45) is 11.3. The quantitative estimate of drug-likeness (QED) is 0.571. The second-order valence-corrected chi connectivity index (χ2v) is 7.38. The van der Waals surface area contributed by atoms with Gasteiger partial charge in [-0.05, 0) is 58.8 Å². The molecule has 1 aliphatic carbocycles. The summed E-state index contributed by atoms with van der Waals surface area (Å²) in [7, 11) is 4.33. The smallest absolute Gasteiger partial charge is 0.127 e. The van der Waals surface area contributed by atoms with Gasteiger partial charge in [-0.3, -0.25) is 0 Å². The Labute approximate surface area is 124 Å². The van der Waals surface area contributed by atoms with E-state index in [1.54, 1.807) is 0 Å². The molecule has 0 radical (unpaired) electrons. The fourth-order valence-electron chi connectivity index (χ4n) is 4.03. The number of rotatable bonds is 5. The minimum atomic E-state index is -0.0229. The normalized spacial score (nSPS) is 25.6. The largest absolute Gasteiger partial charge is 0.309 e. The Morgan fingerprint density at radius 1 is 1.10 bits per heavy atom. The first-order chi connectivity index (χ1) is 9.63. The summed E-state index contributed by atoms with van der Waals surface area (Å²) in [4.78, 5) is 16.6. The van der Waals surface area contributed by atoms with Crippen LogP contribution in [0.4, 0.5) is 0 Å². The van der Waals surface area contributed by atoms with Crippen LogP contribution in [-0.4, -0.2) is 56.4 Å². The number of carbonyl (C=O) groups is 1. The van der Waals surface area contributed by atoms with Crippen LogP contribution in [0.3, 0.4) is 0 Å². The third-order valence-electron chi connectivity index (χ3n) is 5.22. The van der Waals surface area contributed by atoms with E-state index in [1.807, 2.05) is 0 Å². The number of hydrogen-bond acceptors (Lipinski definition) is 3. The van der Waals surface area contributed by atoms with Crippen molar-refractivity contribution in [2.45, 2.75) is 51.4 Å². The molecule has 0 N–H and O–H groups in total. The van der Waals surface area contributed by atoms with Crippen molar-refractivity contribution in [3.63, 3.8) is 0 Å². The van der Waals surface area contributed by atoms with Gasteiger partial charge in [0.1, 0.15) is 6.29 Å². The van der Waals surface area contributed by atoms with Crippen LogP contribution in [0, 0.1) is 11.3 Å². The molecule has 0 bridgehead atoms. The van der Waals surface area contributed by atoms with Crippen molar-refractivity contribution in [3.8, 4) is 0 Å². The number of piperidine rings is 1. The van der Waals surface area contributed by atoms with E-state index < -0.39 is 0 Å². The molecule has 20 heavy (non-hydrogen) atoms. The van der Waals surface area contributed by atoms with E-state index in [9.17, 15) is 4.79 Å². The molecule has 0 atom stereocenters. The fourth-order valence-corrected chi connectivity index (χ4v) is 4.03. The number of nitrogens with zero attached hydrogens (tertiary/aromatic N) is 2. The van der Waals surface area contributed by atoms with Crippen molar-refractivity contribution in [1.29, 1.82) is 0 Å². The van der Waals surface area contributed by atoms with E-state index in [0.29, 0.717) is 0 Å². The molecule has 0 aromatic rings. The third kappa shape index (κ3) is 4.56. The standard InChI is InChI=1S/C17H32N2O/c1-18(2)13-16-7-11-19(12-8-16)14-17(15-20)9-5-3-4-6-10-17/h15-16H,3-14H2,1-2H3. The molecular formula is C17H32N2O. The van der Waals surface area contributed by atoms with E-state index in [2.05, 4.69) is 23.9 Å². The first-order valence-corrected chi connectivity index (χ1v) is 8.47. The highest BCUT2D eigenvalue weighted by Gasteiger charge is 2.33.